The van der Waals surface area contributed by atoms with E-state index in [1.807, 2.05) is 6.07 Å². The number of para-hydroxylation sites is 2. The van der Waals surface area contributed by atoms with Crippen molar-refractivity contribution in [2.24, 2.45) is 0 Å². The smallest absolute Gasteiger partial charge is 0.0618 e. The van der Waals surface area contributed by atoms with Crippen molar-refractivity contribution in [2.45, 2.75) is 0 Å². The maximum atomic E-state index is 2.43. The van der Waals surface area contributed by atoms with Gasteiger partial charge in [-0.25, -0.2) is 0 Å². The molecule has 0 aliphatic carbocycles. The zero-order valence-electron chi connectivity index (χ0n) is 35.3. The molecular formula is C62H44N2. The lowest BCUT2D eigenvalue weighted by molar-refractivity contribution is 1.30. The third-order valence-corrected chi connectivity index (χ3v) is 12.1. The van der Waals surface area contributed by atoms with Crippen molar-refractivity contribution in [2.75, 3.05) is 9.80 Å². The summed E-state index contributed by atoms with van der Waals surface area (Å²) < 4.78 is 0. The number of anilines is 6. The molecule has 302 valence electrons. The van der Waals surface area contributed by atoms with E-state index in [1.165, 1.54) is 59.9 Å². The van der Waals surface area contributed by atoms with Crippen molar-refractivity contribution in [3.05, 3.63) is 265 Å². The van der Waals surface area contributed by atoms with Crippen LogP contribution in [0.5, 0.6) is 0 Å². The summed E-state index contributed by atoms with van der Waals surface area (Å²) >= 11 is 0. The molecule has 0 aliphatic rings. The summed E-state index contributed by atoms with van der Waals surface area (Å²) in [4.78, 5) is 4.81. The molecule has 0 aliphatic heterocycles. The zero-order valence-corrected chi connectivity index (χ0v) is 35.3. The van der Waals surface area contributed by atoms with E-state index in [9.17, 15) is 0 Å². The fourth-order valence-electron chi connectivity index (χ4n) is 8.96. The molecule has 0 spiro atoms. The van der Waals surface area contributed by atoms with Crippen molar-refractivity contribution < 1.29 is 0 Å². The molecule has 0 atom stereocenters. The van der Waals surface area contributed by atoms with Gasteiger partial charge in [-0.2, -0.15) is 0 Å². The Balaban J connectivity index is 1.05. The highest BCUT2D eigenvalue weighted by atomic mass is 15.1. The van der Waals surface area contributed by atoms with E-state index < -0.39 is 0 Å². The Labute approximate surface area is 374 Å². The van der Waals surface area contributed by atoms with E-state index >= 15 is 0 Å². The van der Waals surface area contributed by atoms with E-state index in [-0.39, 0.29) is 0 Å². The summed E-state index contributed by atoms with van der Waals surface area (Å²) in [6.45, 7) is 0. The monoisotopic (exact) mass is 816 g/mol. The lowest BCUT2D eigenvalue weighted by Gasteiger charge is -2.29. The molecule has 0 fully saturated rings. The van der Waals surface area contributed by atoms with Gasteiger partial charge in [-0.05, 0) is 134 Å². The molecule has 0 saturated heterocycles. The fourth-order valence-corrected chi connectivity index (χ4v) is 8.96. The fraction of sp³-hybridized carbons (Fsp3) is 0. The SMILES string of the molecule is C(=C\c1ccc(N(c2ccccc2)c2cccc3cc4cc5c(N(c6ccccc6)c6ccc(/C=C/c7ccccc7)cc6)c6ccccc6cc5cc4cc23)cc1)/c1ccccc1. The molecular weight excluding hydrogens is 773 g/mol. The Hall–Kier alpha value is -8.46. The molecule has 0 N–H and O–H groups in total. The Bertz CT molecular complexity index is 3450. The van der Waals surface area contributed by atoms with Crippen LogP contribution in [0.1, 0.15) is 22.3 Å². The predicted molar refractivity (Wildman–Crippen MR) is 277 cm³/mol. The first-order valence-corrected chi connectivity index (χ1v) is 21.9. The highest BCUT2D eigenvalue weighted by Crippen LogP contribution is 2.46. The molecule has 2 nitrogen and oxygen atoms in total. The van der Waals surface area contributed by atoms with E-state index in [4.69, 9.17) is 0 Å². The second kappa shape index (κ2) is 17.1. The average Bonchev–Trinajstić information content (AvgIpc) is 3.36. The molecule has 0 unspecified atom stereocenters. The molecule has 11 aromatic rings. The van der Waals surface area contributed by atoms with E-state index in [0.29, 0.717) is 0 Å². The van der Waals surface area contributed by atoms with Gasteiger partial charge in [0.2, 0.25) is 0 Å². The first kappa shape index (κ1) is 38.5. The molecule has 0 aromatic heterocycles. The number of benzene rings is 11. The Morgan fingerprint density at radius 2 is 0.625 bits per heavy atom. The van der Waals surface area contributed by atoms with Crippen LogP contribution < -0.4 is 9.80 Å². The largest absolute Gasteiger partial charge is 0.310 e. The summed E-state index contributed by atoms with van der Waals surface area (Å²) in [5, 5.41) is 9.58. The van der Waals surface area contributed by atoms with Crippen LogP contribution in [0.4, 0.5) is 34.1 Å². The molecule has 0 bridgehead atoms. The van der Waals surface area contributed by atoms with Gasteiger partial charge < -0.3 is 9.80 Å². The molecule has 64 heavy (non-hydrogen) atoms. The molecule has 0 saturated carbocycles. The molecule has 2 heteroatoms. The summed E-state index contributed by atoms with van der Waals surface area (Å²) in [5.74, 6) is 0. The first-order chi connectivity index (χ1) is 31.7. The topological polar surface area (TPSA) is 6.48 Å². The standard InChI is InChI=1S/C62H44N2/c1-5-16-45(17-6-1)28-30-47-32-36-56(37-33-47)63(54-22-9-3-10-23-54)61-27-15-21-50-40-51-44-60-53(42-52(51)43-59(50)61)41-49-20-13-14-26-58(49)62(60)64(55-24-11-4-12-25-55)57-38-34-48(35-39-57)31-29-46-18-7-2-8-19-46/h1-44H/b30-28+,31-29+. The average molecular weight is 817 g/mol. The Kier molecular flexibility index (Phi) is 10.3. The summed E-state index contributed by atoms with van der Waals surface area (Å²) in [7, 11) is 0. The molecule has 0 radical (unpaired) electrons. The maximum Gasteiger partial charge on any atom is 0.0618 e. The van der Waals surface area contributed by atoms with Crippen LogP contribution in [-0.2, 0) is 0 Å². The van der Waals surface area contributed by atoms with Crippen molar-refractivity contribution in [3.8, 4) is 0 Å². The quantitative estimate of drug-likeness (QED) is 0.100. The number of rotatable bonds is 10. The predicted octanol–water partition coefficient (Wildman–Crippen LogP) is 17.6. The van der Waals surface area contributed by atoms with E-state index in [2.05, 4.69) is 271 Å². The second-order valence-corrected chi connectivity index (χ2v) is 16.2. The van der Waals surface area contributed by atoms with Gasteiger partial charge in [0.15, 0.2) is 0 Å². The van der Waals surface area contributed by atoms with Gasteiger partial charge in [0.1, 0.15) is 0 Å². The van der Waals surface area contributed by atoms with Gasteiger partial charge in [-0.1, -0.05) is 182 Å². The lowest BCUT2D eigenvalue weighted by atomic mass is 9.94. The van der Waals surface area contributed by atoms with Crippen LogP contribution in [0.2, 0.25) is 0 Å². The van der Waals surface area contributed by atoms with Crippen LogP contribution >= 0.6 is 0 Å². The van der Waals surface area contributed by atoms with Gasteiger partial charge in [-0.3, -0.25) is 0 Å². The maximum absolute atomic E-state index is 2.43. The van der Waals surface area contributed by atoms with Crippen molar-refractivity contribution in [3.63, 3.8) is 0 Å². The van der Waals surface area contributed by atoms with Crippen LogP contribution in [0.3, 0.4) is 0 Å². The number of nitrogens with zero attached hydrogens (tertiary/aromatic N) is 2. The molecule has 0 heterocycles. The van der Waals surface area contributed by atoms with Crippen molar-refractivity contribution in [1.29, 1.82) is 0 Å². The van der Waals surface area contributed by atoms with Crippen molar-refractivity contribution >= 4 is 102 Å². The first-order valence-electron chi connectivity index (χ1n) is 21.9. The minimum Gasteiger partial charge on any atom is -0.310 e. The van der Waals surface area contributed by atoms with Gasteiger partial charge in [0, 0.05) is 38.9 Å². The van der Waals surface area contributed by atoms with Crippen molar-refractivity contribution in [1.82, 2.24) is 0 Å². The second-order valence-electron chi connectivity index (χ2n) is 16.2. The third-order valence-electron chi connectivity index (χ3n) is 12.1. The highest BCUT2D eigenvalue weighted by molar-refractivity contribution is 6.18. The van der Waals surface area contributed by atoms with Gasteiger partial charge in [0.25, 0.3) is 0 Å². The third kappa shape index (κ3) is 7.70. The Morgan fingerprint density at radius 1 is 0.234 bits per heavy atom. The summed E-state index contributed by atoms with van der Waals surface area (Å²) in [5.41, 5.74) is 11.4. The van der Waals surface area contributed by atoms with Crippen LogP contribution in [-0.4, -0.2) is 0 Å². The van der Waals surface area contributed by atoms with E-state index in [0.717, 1.165) is 39.6 Å². The summed E-state index contributed by atoms with van der Waals surface area (Å²) in [6.07, 6.45) is 8.69. The van der Waals surface area contributed by atoms with Gasteiger partial charge in [0.05, 0.1) is 11.4 Å². The van der Waals surface area contributed by atoms with Gasteiger partial charge in [-0.15, -0.1) is 0 Å². The minimum absolute atomic E-state index is 1.10. The van der Waals surface area contributed by atoms with E-state index in [1.54, 1.807) is 0 Å². The number of hydrogen-bond donors (Lipinski definition) is 0. The van der Waals surface area contributed by atoms with Crippen LogP contribution in [0.25, 0.3) is 67.4 Å². The lowest BCUT2D eigenvalue weighted by Crippen LogP contribution is -2.11. The molecule has 11 rings (SSSR count). The van der Waals surface area contributed by atoms with Gasteiger partial charge >= 0.3 is 0 Å². The highest BCUT2D eigenvalue weighted by Gasteiger charge is 2.21. The number of fused-ring (bicyclic) bond motifs is 4. The van der Waals surface area contributed by atoms with Crippen LogP contribution in [0, 0.1) is 0 Å². The minimum atomic E-state index is 1.10. The zero-order chi connectivity index (χ0) is 42.7. The summed E-state index contributed by atoms with van der Waals surface area (Å²) in [6, 6.07) is 87.5. The van der Waals surface area contributed by atoms with Crippen LogP contribution in [0.15, 0.2) is 243 Å². The normalized spacial score (nSPS) is 11.6. The molecule has 11 aromatic carbocycles. The molecule has 0 amide bonds. The Morgan fingerprint density at radius 3 is 1.20 bits per heavy atom. The number of hydrogen-bond acceptors (Lipinski definition) is 2.